The summed E-state index contributed by atoms with van der Waals surface area (Å²) < 4.78 is 18.5. The van der Waals surface area contributed by atoms with E-state index in [1.54, 1.807) is 18.2 Å². The maximum Gasteiger partial charge on any atom is 0.258 e. The molecule has 1 atom stereocenters. The molecule has 1 aliphatic rings. The Kier molecular flexibility index (Phi) is 4.15. The summed E-state index contributed by atoms with van der Waals surface area (Å²) >= 11 is 1.48. The monoisotopic (exact) mass is 320 g/mol. The van der Waals surface area contributed by atoms with E-state index in [-0.39, 0.29) is 11.6 Å². The number of rotatable bonds is 3. The normalized spacial score (nSPS) is 17.5. The number of amides is 2. The zero-order valence-electron chi connectivity index (χ0n) is 11.5. The molecule has 2 amide bonds. The van der Waals surface area contributed by atoms with Gasteiger partial charge in [0.1, 0.15) is 18.1 Å². The highest BCUT2D eigenvalue weighted by molar-refractivity contribution is 7.99. The molecule has 0 unspecified atom stereocenters. The average Bonchev–Trinajstić information content (AvgIpc) is 3.20. The maximum absolute atomic E-state index is 13.6. The van der Waals surface area contributed by atoms with Gasteiger partial charge in [-0.2, -0.15) is 0 Å². The largest absolute Gasteiger partial charge is 0.472 e. The fourth-order valence-electron chi connectivity index (χ4n) is 2.19. The molecule has 1 aromatic heterocycles. The van der Waals surface area contributed by atoms with E-state index < -0.39 is 17.8 Å². The number of benzene rings is 1. The number of carbonyl (C=O) groups is 2. The number of nitrogens with zero attached hydrogens (tertiary/aromatic N) is 1. The van der Waals surface area contributed by atoms with Crippen molar-refractivity contribution in [3.63, 3.8) is 0 Å². The Morgan fingerprint density at radius 2 is 2.14 bits per heavy atom. The van der Waals surface area contributed by atoms with E-state index in [2.05, 4.69) is 5.32 Å². The Labute approximate surface area is 130 Å². The highest BCUT2D eigenvalue weighted by Gasteiger charge is 2.35. The number of carbonyl (C=O) groups excluding carboxylic acids is 2. The van der Waals surface area contributed by atoms with Crippen LogP contribution >= 0.6 is 11.8 Å². The van der Waals surface area contributed by atoms with Crippen molar-refractivity contribution in [2.75, 3.05) is 16.9 Å². The van der Waals surface area contributed by atoms with Gasteiger partial charge < -0.3 is 14.6 Å². The highest BCUT2D eigenvalue weighted by atomic mass is 32.2. The standard InChI is InChI=1S/C15H13FN2O3S/c16-11-3-1-2-4-12(11)17-14(19)13-8-22-9-18(13)15(20)10-5-6-21-7-10/h1-7,13H,8-9H2,(H,17,19)/t13-/m0/s1. The van der Waals surface area contributed by atoms with E-state index in [0.717, 1.165) is 0 Å². The molecule has 1 fully saturated rings. The van der Waals surface area contributed by atoms with E-state index in [1.807, 2.05) is 0 Å². The number of hydrogen-bond donors (Lipinski definition) is 1. The molecular weight excluding hydrogens is 307 g/mol. The summed E-state index contributed by atoms with van der Waals surface area (Å²) in [5, 5.41) is 2.54. The molecule has 1 N–H and O–H groups in total. The molecule has 1 saturated heterocycles. The van der Waals surface area contributed by atoms with Gasteiger partial charge in [-0.15, -0.1) is 11.8 Å². The molecular formula is C15H13FN2O3S. The summed E-state index contributed by atoms with van der Waals surface area (Å²) in [7, 11) is 0. The van der Waals surface area contributed by atoms with Crippen LogP contribution in [-0.4, -0.2) is 34.4 Å². The second-order valence-corrected chi connectivity index (χ2v) is 5.77. The Morgan fingerprint density at radius 1 is 1.32 bits per heavy atom. The van der Waals surface area contributed by atoms with Crippen LogP contribution in [0.5, 0.6) is 0 Å². The third-order valence-electron chi connectivity index (χ3n) is 3.35. The minimum atomic E-state index is -0.632. The summed E-state index contributed by atoms with van der Waals surface area (Å²) in [6, 6.07) is 6.86. The van der Waals surface area contributed by atoms with Crippen molar-refractivity contribution in [3.05, 3.63) is 54.2 Å². The van der Waals surface area contributed by atoms with Gasteiger partial charge in [0.2, 0.25) is 5.91 Å². The number of furan rings is 1. The van der Waals surface area contributed by atoms with Gasteiger partial charge in [-0.25, -0.2) is 4.39 Å². The summed E-state index contributed by atoms with van der Waals surface area (Å²) in [5.41, 5.74) is 0.506. The van der Waals surface area contributed by atoms with E-state index in [4.69, 9.17) is 4.42 Å². The Bertz CT molecular complexity index is 690. The Balaban J connectivity index is 1.74. The fraction of sp³-hybridized carbons (Fsp3) is 0.200. The van der Waals surface area contributed by atoms with Crippen LogP contribution in [-0.2, 0) is 4.79 Å². The lowest BCUT2D eigenvalue weighted by Crippen LogP contribution is -2.44. The van der Waals surface area contributed by atoms with Gasteiger partial charge in [0, 0.05) is 5.75 Å². The lowest BCUT2D eigenvalue weighted by atomic mass is 10.2. The van der Waals surface area contributed by atoms with Crippen LogP contribution in [0.3, 0.4) is 0 Å². The summed E-state index contributed by atoms with van der Waals surface area (Å²) in [6.07, 6.45) is 2.75. The first-order valence-electron chi connectivity index (χ1n) is 6.63. The zero-order chi connectivity index (χ0) is 15.5. The van der Waals surface area contributed by atoms with Gasteiger partial charge in [0.05, 0.1) is 23.4 Å². The van der Waals surface area contributed by atoms with Crippen LogP contribution < -0.4 is 5.32 Å². The second kappa shape index (κ2) is 6.23. The number of halogens is 1. The molecule has 1 aliphatic heterocycles. The van der Waals surface area contributed by atoms with Gasteiger partial charge in [-0.05, 0) is 18.2 Å². The molecule has 0 bridgehead atoms. The lowest BCUT2D eigenvalue weighted by molar-refractivity contribution is -0.119. The van der Waals surface area contributed by atoms with Crippen molar-refractivity contribution in [1.82, 2.24) is 4.90 Å². The van der Waals surface area contributed by atoms with E-state index >= 15 is 0 Å². The molecule has 2 heterocycles. The van der Waals surface area contributed by atoms with Crippen molar-refractivity contribution in [2.24, 2.45) is 0 Å². The summed E-state index contributed by atoms with van der Waals surface area (Å²) in [6.45, 7) is 0. The molecule has 0 spiro atoms. The van der Waals surface area contributed by atoms with Crippen LogP contribution in [0.25, 0.3) is 0 Å². The Morgan fingerprint density at radius 3 is 2.86 bits per heavy atom. The van der Waals surface area contributed by atoms with Crippen molar-refractivity contribution in [2.45, 2.75) is 6.04 Å². The highest BCUT2D eigenvalue weighted by Crippen LogP contribution is 2.25. The number of nitrogens with one attached hydrogen (secondary N) is 1. The average molecular weight is 320 g/mol. The number of hydrogen-bond acceptors (Lipinski definition) is 4. The van der Waals surface area contributed by atoms with Gasteiger partial charge in [-0.3, -0.25) is 9.59 Å². The molecule has 3 rings (SSSR count). The zero-order valence-corrected chi connectivity index (χ0v) is 12.3. The quantitative estimate of drug-likeness (QED) is 0.944. The van der Waals surface area contributed by atoms with Crippen molar-refractivity contribution < 1.29 is 18.4 Å². The van der Waals surface area contributed by atoms with Crippen molar-refractivity contribution >= 4 is 29.3 Å². The van der Waals surface area contributed by atoms with Crippen LogP contribution in [0, 0.1) is 5.82 Å². The van der Waals surface area contributed by atoms with Crippen LogP contribution in [0.1, 0.15) is 10.4 Å². The predicted molar refractivity (Wildman–Crippen MR) is 81.0 cm³/mol. The van der Waals surface area contributed by atoms with Crippen LogP contribution in [0.2, 0.25) is 0 Å². The van der Waals surface area contributed by atoms with E-state index in [9.17, 15) is 14.0 Å². The topological polar surface area (TPSA) is 62.6 Å². The first-order valence-corrected chi connectivity index (χ1v) is 7.78. The number of anilines is 1. The summed E-state index contributed by atoms with van der Waals surface area (Å²) in [5.74, 6) is -0.280. The van der Waals surface area contributed by atoms with Gasteiger partial charge in [0.25, 0.3) is 5.91 Å². The van der Waals surface area contributed by atoms with Crippen LogP contribution in [0.4, 0.5) is 10.1 Å². The minimum Gasteiger partial charge on any atom is -0.472 e. The van der Waals surface area contributed by atoms with Crippen LogP contribution in [0.15, 0.2) is 47.3 Å². The molecule has 0 radical (unpaired) electrons. The lowest BCUT2D eigenvalue weighted by Gasteiger charge is -2.22. The second-order valence-electron chi connectivity index (χ2n) is 4.77. The third kappa shape index (κ3) is 2.85. The van der Waals surface area contributed by atoms with Gasteiger partial charge >= 0.3 is 0 Å². The minimum absolute atomic E-state index is 0.111. The fourth-order valence-corrected chi connectivity index (χ4v) is 3.34. The molecule has 0 aliphatic carbocycles. The number of thioether (sulfide) groups is 1. The van der Waals surface area contributed by atoms with Gasteiger partial charge in [0.15, 0.2) is 0 Å². The first-order chi connectivity index (χ1) is 10.7. The number of para-hydroxylation sites is 1. The van der Waals surface area contributed by atoms with Crippen molar-refractivity contribution in [3.8, 4) is 0 Å². The third-order valence-corrected chi connectivity index (χ3v) is 4.36. The predicted octanol–water partition coefficient (Wildman–Crippen LogP) is 2.57. The molecule has 22 heavy (non-hydrogen) atoms. The molecule has 114 valence electrons. The molecule has 0 saturated carbocycles. The SMILES string of the molecule is O=C(Nc1ccccc1F)[C@@H]1CSCN1C(=O)c1ccoc1. The smallest absolute Gasteiger partial charge is 0.258 e. The molecule has 2 aromatic rings. The van der Waals surface area contributed by atoms with E-state index in [1.165, 1.54) is 41.3 Å². The first kappa shape index (κ1) is 14.6. The summed E-state index contributed by atoms with van der Waals surface area (Å²) in [4.78, 5) is 26.1. The maximum atomic E-state index is 13.6. The molecule has 5 nitrogen and oxygen atoms in total. The molecule has 1 aromatic carbocycles. The van der Waals surface area contributed by atoms with Crippen molar-refractivity contribution in [1.29, 1.82) is 0 Å². The Hall–Kier alpha value is -2.28. The molecule has 7 heteroatoms. The van der Waals surface area contributed by atoms with Gasteiger partial charge in [-0.1, -0.05) is 12.1 Å². The van der Waals surface area contributed by atoms with E-state index in [0.29, 0.717) is 17.2 Å².